The van der Waals surface area contributed by atoms with Crippen LogP contribution < -0.4 is 11.2 Å². The van der Waals surface area contributed by atoms with Gasteiger partial charge in [0.1, 0.15) is 5.15 Å². The molecule has 1 heterocycles. The maximum absolute atomic E-state index is 12.7. The Morgan fingerprint density at radius 1 is 1.38 bits per heavy atom. The standard InChI is InChI=1S/C14H14BrClN2O3/c1-8(7-21-2)18-13(19)11(12(16)17-14(18)20)9-5-3-4-6-10(9)15/h3-6,8H,7H2,1-2H3,(H,17,20). The van der Waals surface area contributed by atoms with Gasteiger partial charge in [0.25, 0.3) is 5.56 Å². The Kier molecular flexibility index (Phi) is 5.03. The van der Waals surface area contributed by atoms with Crippen molar-refractivity contribution in [1.29, 1.82) is 0 Å². The van der Waals surface area contributed by atoms with Crippen molar-refractivity contribution in [3.8, 4) is 11.1 Å². The lowest BCUT2D eigenvalue weighted by atomic mass is 10.1. The number of hydrogen-bond donors (Lipinski definition) is 1. The minimum atomic E-state index is -0.551. The van der Waals surface area contributed by atoms with Crippen LogP contribution in [0.2, 0.25) is 5.15 Å². The topological polar surface area (TPSA) is 64.1 Å². The molecule has 7 heteroatoms. The molecule has 1 unspecified atom stereocenters. The Morgan fingerprint density at radius 2 is 2.05 bits per heavy atom. The zero-order valence-corrected chi connectivity index (χ0v) is 13.9. The summed E-state index contributed by atoms with van der Waals surface area (Å²) in [4.78, 5) is 27.2. The molecule has 21 heavy (non-hydrogen) atoms. The molecule has 0 fully saturated rings. The Hall–Kier alpha value is -1.37. The molecule has 0 saturated heterocycles. The minimum absolute atomic E-state index is 0.0257. The molecule has 1 aromatic heterocycles. The zero-order valence-electron chi connectivity index (χ0n) is 11.5. The minimum Gasteiger partial charge on any atom is -0.383 e. The molecule has 2 rings (SSSR count). The summed E-state index contributed by atoms with van der Waals surface area (Å²) >= 11 is 9.46. The van der Waals surface area contributed by atoms with Gasteiger partial charge in [0.15, 0.2) is 0 Å². The number of nitrogens with one attached hydrogen (secondary N) is 1. The molecule has 112 valence electrons. The monoisotopic (exact) mass is 372 g/mol. The number of aromatic nitrogens is 2. The van der Waals surface area contributed by atoms with Crippen LogP contribution in [0, 0.1) is 0 Å². The molecule has 0 bridgehead atoms. The predicted molar refractivity (Wildman–Crippen MR) is 86.1 cm³/mol. The van der Waals surface area contributed by atoms with Crippen LogP contribution in [0.3, 0.4) is 0 Å². The van der Waals surface area contributed by atoms with Crippen LogP contribution >= 0.6 is 27.5 Å². The third kappa shape index (κ3) is 3.12. The molecular weight excluding hydrogens is 360 g/mol. The molecular formula is C14H14BrClN2O3. The van der Waals surface area contributed by atoms with E-state index in [-0.39, 0.29) is 17.3 Å². The Balaban J connectivity index is 2.74. The van der Waals surface area contributed by atoms with E-state index >= 15 is 0 Å². The second-order valence-electron chi connectivity index (χ2n) is 4.58. The van der Waals surface area contributed by atoms with Gasteiger partial charge in [-0.25, -0.2) is 4.79 Å². The molecule has 1 aromatic carbocycles. The number of hydrogen-bond acceptors (Lipinski definition) is 3. The highest BCUT2D eigenvalue weighted by molar-refractivity contribution is 9.10. The lowest BCUT2D eigenvalue weighted by molar-refractivity contribution is 0.159. The first-order valence-electron chi connectivity index (χ1n) is 6.25. The first-order chi connectivity index (χ1) is 9.97. The van der Waals surface area contributed by atoms with Crippen LogP contribution in [0.4, 0.5) is 0 Å². The van der Waals surface area contributed by atoms with E-state index in [2.05, 4.69) is 20.9 Å². The number of nitrogens with zero attached hydrogens (tertiary/aromatic N) is 1. The smallest absolute Gasteiger partial charge is 0.329 e. The van der Waals surface area contributed by atoms with E-state index in [1.165, 1.54) is 7.11 Å². The zero-order chi connectivity index (χ0) is 15.6. The number of methoxy groups -OCH3 is 1. The van der Waals surface area contributed by atoms with E-state index in [1.54, 1.807) is 25.1 Å². The van der Waals surface area contributed by atoms with Crippen LogP contribution in [0.25, 0.3) is 11.1 Å². The van der Waals surface area contributed by atoms with Gasteiger partial charge in [-0.2, -0.15) is 0 Å². The highest BCUT2D eigenvalue weighted by Crippen LogP contribution is 2.29. The van der Waals surface area contributed by atoms with E-state index in [9.17, 15) is 9.59 Å². The Morgan fingerprint density at radius 3 is 2.67 bits per heavy atom. The average molecular weight is 374 g/mol. The van der Waals surface area contributed by atoms with E-state index in [1.807, 2.05) is 6.07 Å². The molecule has 0 radical (unpaired) electrons. The number of aromatic amines is 1. The summed E-state index contributed by atoms with van der Waals surface area (Å²) in [7, 11) is 1.51. The summed E-state index contributed by atoms with van der Waals surface area (Å²) < 4.78 is 6.85. The molecule has 5 nitrogen and oxygen atoms in total. The van der Waals surface area contributed by atoms with Crippen molar-refractivity contribution in [2.45, 2.75) is 13.0 Å². The van der Waals surface area contributed by atoms with Crippen LogP contribution in [-0.2, 0) is 4.74 Å². The molecule has 0 aliphatic carbocycles. The highest BCUT2D eigenvalue weighted by Gasteiger charge is 2.19. The summed E-state index contributed by atoms with van der Waals surface area (Å²) in [5.74, 6) is 0. The summed E-state index contributed by atoms with van der Waals surface area (Å²) in [6, 6.07) is 6.79. The number of H-pyrrole nitrogens is 1. The van der Waals surface area contributed by atoms with Crippen LogP contribution in [0.5, 0.6) is 0 Å². The van der Waals surface area contributed by atoms with Gasteiger partial charge in [0.2, 0.25) is 0 Å². The van der Waals surface area contributed by atoms with Crippen molar-refractivity contribution in [2.24, 2.45) is 0 Å². The first-order valence-corrected chi connectivity index (χ1v) is 7.42. The number of halogens is 2. The molecule has 0 amide bonds. The molecule has 0 aliphatic rings. The van der Waals surface area contributed by atoms with Gasteiger partial charge in [-0.1, -0.05) is 45.7 Å². The van der Waals surface area contributed by atoms with Crippen LogP contribution in [0.1, 0.15) is 13.0 Å². The molecule has 1 N–H and O–H groups in total. The molecule has 0 saturated carbocycles. The van der Waals surface area contributed by atoms with Crippen molar-refractivity contribution in [3.05, 3.63) is 54.7 Å². The fourth-order valence-electron chi connectivity index (χ4n) is 2.14. The van der Waals surface area contributed by atoms with Crippen LogP contribution in [0.15, 0.2) is 38.3 Å². The largest absolute Gasteiger partial charge is 0.383 e. The van der Waals surface area contributed by atoms with Gasteiger partial charge in [0.05, 0.1) is 18.2 Å². The van der Waals surface area contributed by atoms with Gasteiger partial charge in [-0.3, -0.25) is 14.3 Å². The van der Waals surface area contributed by atoms with Crippen molar-refractivity contribution in [2.75, 3.05) is 13.7 Å². The quantitative estimate of drug-likeness (QED) is 0.838. The maximum atomic E-state index is 12.7. The normalized spacial score (nSPS) is 12.4. The van der Waals surface area contributed by atoms with Crippen molar-refractivity contribution in [3.63, 3.8) is 0 Å². The van der Waals surface area contributed by atoms with Gasteiger partial charge >= 0.3 is 5.69 Å². The van der Waals surface area contributed by atoms with Gasteiger partial charge in [-0.05, 0) is 13.0 Å². The lowest BCUT2D eigenvalue weighted by Gasteiger charge is -2.15. The molecule has 2 aromatic rings. The fraction of sp³-hybridized carbons (Fsp3) is 0.286. The summed E-state index contributed by atoms with van der Waals surface area (Å²) in [6.07, 6.45) is 0. The Labute approximate surface area is 134 Å². The summed E-state index contributed by atoms with van der Waals surface area (Å²) in [6.45, 7) is 1.98. The second kappa shape index (κ2) is 6.60. The third-order valence-corrected chi connectivity index (χ3v) is 4.05. The van der Waals surface area contributed by atoms with Gasteiger partial charge in [-0.15, -0.1) is 0 Å². The Bertz CT molecular complexity index is 770. The van der Waals surface area contributed by atoms with E-state index in [0.29, 0.717) is 5.56 Å². The molecule has 0 spiro atoms. The van der Waals surface area contributed by atoms with Crippen molar-refractivity contribution in [1.82, 2.24) is 9.55 Å². The van der Waals surface area contributed by atoms with E-state index < -0.39 is 17.3 Å². The SMILES string of the molecule is COCC(C)n1c(=O)[nH]c(Cl)c(-c2ccccc2Br)c1=O. The van der Waals surface area contributed by atoms with Crippen LogP contribution in [-0.4, -0.2) is 23.3 Å². The predicted octanol–water partition coefficient (Wildman–Crippen LogP) is 2.83. The summed E-state index contributed by atoms with van der Waals surface area (Å²) in [5, 5.41) is 0.0257. The molecule has 0 aliphatic heterocycles. The van der Waals surface area contributed by atoms with Crippen molar-refractivity contribution < 1.29 is 4.74 Å². The third-order valence-electron chi connectivity index (χ3n) is 3.08. The fourth-order valence-corrected chi connectivity index (χ4v) is 2.88. The lowest BCUT2D eigenvalue weighted by Crippen LogP contribution is -2.39. The first kappa shape index (κ1) is 16.0. The van der Waals surface area contributed by atoms with E-state index in [0.717, 1.165) is 9.04 Å². The number of rotatable bonds is 4. The van der Waals surface area contributed by atoms with E-state index in [4.69, 9.17) is 16.3 Å². The number of ether oxygens (including phenoxy) is 1. The highest BCUT2D eigenvalue weighted by atomic mass is 79.9. The summed E-state index contributed by atoms with van der Waals surface area (Å²) in [5.41, 5.74) is -0.112. The molecule has 1 atom stereocenters. The number of benzene rings is 1. The van der Waals surface area contributed by atoms with Crippen molar-refractivity contribution >= 4 is 27.5 Å². The maximum Gasteiger partial charge on any atom is 0.329 e. The van der Waals surface area contributed by atoms with Gasteiger partial charge < -0.3 is 4.74 Å². The van der Waals surface area contributed by atoms with Gasteiger partial charge in [0, 0.05) is 17.1 Å². The average Bonchev–Trinajstić information content (AvgIpc) is 2.40. The second-order valence-corrected chi connectivity index (χ2v) is 5.81.